The molecule has 0 aliphatic carbocycles. The summed E-state index contributed by atoms with van der Waals surface area (Å²) in [6.07, 6.45) is 1.79. The summed E-state index contributed by atoms with van der Waals surface area (Å²) < 4.78 is 21.8. The lowest BCUT2D eigenvalue weighted by molar-refractivity contribution is 0.0322. The van der Waals surface area contributed by atoms with Crippen LogP contribution in [0.1, 0.15) is 11.3 Å². The topological polar surface area (TPSA) is 80.8 Å². The number of allylic oxidation sites excluding steroid dienone is 1. The summed E-state index contributed by atoms with van der Waals surface area (Å²) in [6, 6.07) is 15.3. The van der Waals surface area contributed by atoms with Crippen molar-refractivity contribution < 1.29 is 18.7 Å². The van der Waals surface area contributed by atoms with Gasteiger partial charge in [0.1, 0.15) is 29.9 Å². The molecule has 1 fully saturated rings. The monoisotopic (exact) mass is 405 g/mol. The van der Waals surface area contributed by atoms with Crippen molar-refractivity contribution in [1.29, 1.82) is 5.26 Å². The molecule has 0 spiro atoms. The Kier molecular flexibility index (Phi) is 6.28. The standard InChI is InChI=1S/C23H23N3O4/c1-27-20-6-7-22-21(15-20)23(25-30-22)18(16-24)14-17-2-4-19(5-3-17)29-13-10-26-8-11-28-12-9-26/h2-7,14-15H,8-13H2,1H3/b18-14+. The van der Waals surface area contributed by atoms with Crippen LogP contribution in [0.25, 0.3) is 22.6 Å². The molecule has 1 aliphatic rings. The van der Waals surface area contributed by atoms with Crippen LogP contribution in [0.15, 0.2) is 47.0 Å². The zero-order valence-electron chi connectivity index (χ0n) is 16.8. The van der Waals surface area contributed by atoms with Crippen molar-refractivity contribution in [1.82, 2.24) is 10.1 Å². The average Bonchev–Trinajstić information content (AvgIpc) is 3.22. The van der Waals surface area contributed by atoms with Gasteiger partial charge in [0.25, 0.3) is 0 Å². The number of benzene rings is 2. The maximum atomic E-state index is 9.67. The largest absolute Gasteiger partial charge is 0.497 e. The minimum atomic E-state index is 0.419. The second-order valence-electron chi connectivity index (χ2n) is 6.93. The van der Waals surface area contributed by atoms with Gasteiger partial charge in [-0.05, 0) is 42.0 Å². The van der Waals surface area contributed by atoms with Crippen LogP contribution >= 0.6 is 0 Å². The summed E-state index contributed by atoms with van der Waals surface area (Å²) in [6.45, 7) is 4.99. The van der Waals surface area contributed by atoms with E-state index in [1.807, 2.05) is 30.3 Å². The summed E-state index contributed by atoms with van der Waals surface area (Å²) in [7, 11) is 1.60. The third-order valence-corrected chi connectivity index (χ3v) is 5.02. The van der Waals surface area contributed by atoms with Crippen molar-refractivity contribution >= 4 is 22.6 Å². The molecule has 3 aromatic rings. The minimum Gasteiger partial charge on any atom is -0.497 e. The molecule has 0 bridgehead atoms. The molecule has 1 aromatic heterocycles. The average molecular weight is 405 g/mol. The molecule has 1 aliphatic heterocycles. The van der Waals surface area contributed by atoms with Gasteiger partial charge in [-0.2, -0.15) is 5.26 Å². The zero-order valence-corrected chi connectivity index (χ0v) is 16.8. The van der Waals surface area contributed by atoms with Crippen LogP contribution in [-0.2, 0) is 4.74 Å². The Hall–Kier alpha value is -3.34. The first-order chi connectivity index (χ1) is 14.8. The van der Waals surface area contributed by atoms with Gasteiger partial charge in [0.2, 0.25) is 0 Å². The molecule has 0 amide bonds. The zero-order chi connectivity index (χ0) is 20.8. The van der Waals surface area contributed by atoms with Gasteiger partial charge < -0.3 is 18.7 Å². The lowest BCUT2D eigenvalue weighted by Crippen LogP contribution is -2.38. The van der Waals surface area contributed by atoms with Gasteiger partial charge in [0.05, 0.1) is 31.3 Å². The summed E-state index contributed by atoms with van der Waals surface area (Å²) in [4.78, 5) is 2.33. The molecule has 30 heavy (non-hydrogen) atoms. The number of aromatic nitrogens is 1. The lowest BCUT2D eigenvalue weighted by Gasteiger charge is -2.26. The Morgan fingerprint density at radius 1 is 1.17 bits per heavy atom. The highest BCUT2D eigenvalue weighted by molar-refractivity contribution is 5.99. The van der Waals surface area contributed by atoms with E-state index < -0.39 is 0 Å². The van der Waals surface area contributed by atoms with Crippen LogP contribution in [0, 0.1) is 11.3 Å². The fourth-order valence-electron chi connectivity index (χ4n) is 3.34. The number of nitrogens with zero attached hydrogens (tertiary/aromatic N) is 3. The third-order valence-electron chi connectivity index (χ3n) is 5.02. The second-order valence-corrected chi connectivity index (χ2v) is 6.93. The molecule has 7 heteroatoms. The highest BCUT2D eigenvalue weighted by Gasteiger charge is 2.14. The van der Waals surface area contributed by atoms with Crippen molar-refractivity contribution in [3.63, 3.8) is 0 Å². The predicted octanol–water partition coefficient (Wildman–Crippen LogP) is 3.61. The quantitative estimate of drug-likeness (QED) is 0.556. The molecular weight excluding hydrogens is 382 g/mol. The molecule has 154 valence electrons. The summed E-state index contributed by atoms with van der Waals surface area (Å²) >= 11 is 0. The first-order valence-corrected chi connectivity index (χ1v) is 9.85. The molecule has 2 heterocycles. The van der Waals surface area contributed by atoms with Gasteiger partial charge >= 0.3 is 0 Å². The highest BCUT2D eigenvalue weighted by Crippen LogP contribution is 2.29. The molecule has 1 saturated heterocycles. The number of ether oxygens (including phenoxy) is 3. The second kappa shape index (κ2) is 9.44. The molecule has 0 N–H and O–H groups in total. The number of nitriles is 1. The van der Waals surface area contributed by atoms with Crippen LogP contribution < -0.4 is 9.47 Å². The van der Waals surface area contributed by atoms with E-state index in [1.54, 1.807) is 25.3 Å². The van der Waals surface area contributed by atoms with Crippen LogP contribution in [-0.4, -0.2) is 56.6 Å². The molecule has 0 radical (unpaired) electrons. The Labute approximate surface area is 175 Å². The Bertz CT molecular complexity index is 1060. The maximum Gasteiger partial charge on any atom is 0.167 e. The lowest BCUT2D eigenvalue weighted by atomic mass is 10.1. The van der Waals surface area contributed by atoms with E-state index >= 15 is 0 Å². The van der Waals surface area contributed by atoms with Crippen molar-refractivity contribution in [2.24, 2.45) is 0 Å². The van der Waals surface area contributed by atoms with Gasteiger partial charge in [-0.3, -0.25) is 4.90 Å². The predicted molar refractivity (Wildman–Crippen MR) is 113 cm³/mol. The SMILES string of the molecule is COc1ccc2onc(/C(C#N)=C/c3ccc(OCCN4CCOCC4)cc3)c2c1. The third kappa shape index (κ3) is 4.62. The van der Waals surface area contributed by atoms with E-state index in [1.165, 1.54) is 0 Å². The van der Waals surface area contributed by atoms with Gasteiger partial charge in [0, 0.05) is 19.6 Å². The van der Waals surface area contributed by atoms with Gasteiger partial charge in [-0.15, -0.1) is 0 Å². The van der Waals surface area contributed by atoms with Crippen molar-refractivity contribution in [2.75, 3.05) is 46.6 Å². The molecular formula is C23H23N3O4. The number of morpholine rings is 1. The molecule has 2 aromatic carbocycles. The first kappa shape index (κ1) is 20.0. The summed E-state index contributed by atoms with van der Waals surface area (Å²) in [5.74, 6) is 1.48. The number of fused-ring (bicyclic) bond motifs is 1. The summed E-state index contributed by atoms with van der Waals surface area (Å²) in [5, 5.41) is 14.5. The van der Waals surface area contributed by atoms with Crippen LogP contribution in [0.3, 0.4) is 0 Å². The van der Waals surface area contributed by atoms with Crippen molar-refractivity contribution in [3.05, 3.63) is 53.7 Å². The normalized spacial score (nSPS) is 15.1. The van der Waals surface area contributed by atoms with E-state index in [2.05, 4.69) is 16.1 Å². The Morgan fingerprint density at radius 3 is 2.67 bits per heavy atom. The van der Waals surface area contributed by atoms with Crippen LogP contribution in [0.2, 0.25) is 0 Å². The number of hydrogen-bond donors (Lipinski definition) is 0. The maximum absolute atomic E-state index is 9.67. The number of hydrogen-bond acceptors (Lipinski definition) is 7. The molecule has 7 nitrogen and oxygen atoms in total. The smallest absolute Gasteiger partial charge is 0.167 e. The molecule has 0 atom stereocenters. The van der Waals surface area contributed by atoms with E-state index in [4.69, 9.17) is 18.7 Å². The van der Waals surface area contributed by atoms with Crippen molar-refractivity contribution in [2.45, 2.75) is 0 Å². The number of rotatable bonds is 7. The minimum absolute atomic E-state index is 0.419. The van der Waals surface area contributed by atoms with Crippen LogP contribution in [0.4, 0.5) is 0 Å². The van der Waals surface area contributed by atoms with Crippen molar-refractivity contribution in [3.8, 4) is 17.6 Å². The highest BCUT2D eigenvalue weighted by atomic mass is 16.5. The molecule has 0 unspecified atom stereocenters. The fourth-order valence-corrected chi connectivity index (χ4v) is 3.34. The van der Waals surface area contributed by atoms with Gasteiger partial charge in [0.15, 0.2) is 5.58 Å². The molecule has 0 saturated carbocycles. The van der Waals surface area contributed by atoms with E-state index in [-0.39, 0.29) is 0 Å². The fraction of sp³-hybridized carbons (Fsp3) is 0.304. The Balaban J connectivity index is 1.45. The number of methoxy groups -OCH3 is 1. The van der Waals surface area contributed by atoms with Gasteiger partial charge in [-0.1, -0.05) is 17.3 Å². The van der Waals surface area contributed by atoms with Gasteiger partial charge in [-0.25, -0.2) is 0 Å². The van der Waals surface area contributed by atoms with Crippen LogP contribution in [0.5, 0.6) is 11.5 Å². The molecule has 4 rings (SSSR count). The first-order valence-electron chi connectivity index (χ1n) is 9.85. The Morgan fingerprint density at radius 2 is 1.93 bits per heavy atom. The summed E-state index contributed by atoms with van der Waals surface area (Å²) in [5.41, 5.74) is 2.40. The van der Waals surface area contributed by atoms with E-state index in [0.29, 0.717) is 29.2 Å². The van der Waals surface area contributed by atoms with E-state index in [9.17, 15) is 5.26 Å². The van der Waals surface area contributed by atoms with E-state index in [0.717, 1.165) is 49.5 Å².